The second-order valence-electron chi connectivity index (χ2n) is 7.17. The van der Waals surface area contributed by atoms with Crippen LogP contribution in [0, 0.1) is 0 Å². The molecule has 0 saturated carbocycles. The molecule has 0 aliphatic rings. The zero-order chi connectivity index (χ0) is 24.1. The van der Waals surface area contributed by atoms with Gasteiger partial charge in [-0.25, -0.2) is 16.8 Å². The van der Waals surface area contributed by atoms with Crippen LogP contribution in [0.25, 0.3) is 11.3 Å². The van der Waals surface area contributed by atoms with Crippen molar-refractivity contribution in [3.63, 3.8) is 0 Å². The van der Waals surface area contributed by atoms with Crippen LogP contribution in [0.3, 0.4) is 0 Å². The zero-order valence-corrected chi connectivity index (χ0v) is 19.8. The van der Waals surface area contributed by atoms with Gasteiger partial charge in [-0.3, -0.25) is 9.52 Å². The Bertz CT molecular complexity index is 1320. The average Bonchev–Trinajstić information content (AvgIpc) is 2.80. The lowest BCUT2D eigenvalue weighted by Gasteiger charge is -2.10. The maximum absolute atomic E-state index is 12.7. The third-order valence-electron chi connectivity index (χ3n) is 4.70. The fraction of sp³-hybridized carbons (Fsp3) is 0.227. The molecule has 0 fully saturated rings. The van der Waals surface area contributed by atoms with E-state index in [1.165, 1.54) is 37.3 Å². The van der Waals surface area contributed by atoms with Gasteiger partial charge in [-0.1, -0.05) is 26.0 Å². The van der Waals surface area contributed by atoms with Gasteiger partial charge in [0, 0.05) is 23.4 Å². The van der Waals surface area contributed by atoms with Crippen LogP contribution in [0.2, 0.25) is 0 Å². The monoisotopic (exact) mass is 488 g/mol. The number of sulfone groups is 1. The number of anilines is 2. The molecule has 3 aromatic rings. The number of benzene rings is 2. The van der Waals surface area contributed by atoms with E-state index in [1.54, 1.807) is 30.3 Å². The van der Waals surface area contributed by atoms with E-state index >= 15 is 0 Å². The number of nitrogens with one attached hydrogen (secondary N) is 2. The summed E-state index contributed by atoms with van der Waals surface area (Å²) in [5, 5.41) is 10.4. The van der Waals surface area contributed by atoms with E-state index in [0.29, 0.717) is 29.1 Å². The van der Waals surface area contributed by atoms with Gasteiger partial charge >= 0.3 is 0 Å². The van der Waals surface area contributed by atoms with Crippen molar-refractivity contribution in [2.75, 3.05) is 15.8 Å². The van der Waals surface area contributed by atoms with Crippen molar-refractivity contribution >= 4 is 37.1 Å². The highest BCUT2D eigenvalue weighted by Gasteiger charge is 2.16. The Labute approximate surface area is 193 Å². The minimum absolute atomic E-state index is 0.0543. The van der Waals surface area contributed by atoms with Crippen molar-refractivity contribution < 1.29 is 21.6 Å². The van der Waals surface area contributed by atoms with E-state index in [9.17, 15) is 21.6 Å². The highest BCUT2D eigenvalue weighted by Crippen LogP contribution is 2.23. The van der Waals surface area contributed by atoms with Crippen LogP contribution in [-0.2, 0) is 24.7 Å². The van der Waals surface area contributed by atoms with Gasteiger partial charge in [0.1, 0.15) is 0 Å². The molecule has 174 valence electrons. The summed E-state index contributed by atoms with van der Waals surface area (Å²) in [5.74, 6) is -0.191. The summed E-state index contributed by atoms with van der Waals surface area (Å²) in [5.41, 5.74) is 1.98. The molecule has 0 spiro atoms. The van der Waals surface area contributed by atoms with Crippen LogP contribution in [-0.4, -0.2) is 38.7 Å². The van der Waals surface area contributed by atoms with E-state index in [-0.39, 0.29) is 21.6 Å². The normalized spacial score (nSPS) is 11.7. The van der Waals surface area contributed by atoms with Crippen molar-refractivity contribution in [2.45, 2.75) is 36.6 Å². The van der Waals surface area contributed by atoms with Crippen LogP contribution in [0.15, 0.2) is 70.6 Å². The number of carbonyl (C=O) groups excluding carboxylic acids is 1. The van der Waals surface area contributed by atoms with E-state index < -0.39 is 19.9 Å². The maximum Gasteiger partial charge on any atom is 0.261 e. The Morgan fingerprint density at radius 3 is 2.00 bits per heavy atom. The molecule has 0 aliphatic heterocycles. The number of rotatable bonds is 9. The minimum atomic E-state index is -3.83. The second kappa shape index (κ2) is 10.1. The lowest BCUT2D eigenvalue weighted by atomic mass is 10.1. The Hall–Kier alpha value is -3.31. The van der Waals surface area contributed by atoms with E-state index in [4.69, 9.17) is 0 Å². The molecule has 9 nitrogen and oxygen atoms in total. The van der Waals surface area contributed by atoms with E-state index in [1.807, 2.05) is 6.92 Å². The van der Waals surface area contributed by atoms with Gasteiger partial charge in [-0.15, -0.1) is 10.2 Å². The van der Waals surface area contributed by atoms with Crippen molar-refractivity contribution in [3.05, 3.63) is 60.7 Å². The fourth-order valence-electron chi connectivity index (χ4n) is 2.88. The largest absolute Gasteiger partial charge is 0.326 e. The highest BCUT2D eigenvalue weighted by atomic mass is 32.2. The first-order valence-corrected chi connectivity index (χ1v) is 13.4. The van der Waals surface area contributed by atoms with Crippen molar-refractivity contribution in [3.8, 4) is 11.3 Å². The van der Waals surface area contributed by atoms with Crippen molar-refractivity contribution in [1.82, 2.24) is 10.2 Å². The first kappa shape index (κ1) is 24.3. The summed E-state index contributed by atoms with van der Waals surface area (Å²) in [6, 6.07) is 15.3. The maximum atomic E-state index is 12.7. The van der Waals surface area contributed by atoms with Crippen molar-refractivity contribution in [2.24, 2.45) is 0 Å². The van der Waals surface area contributed by atoms with Gasteiger partial charge in [0.2, 0.25) is 5.91 Å². The fourth-order valence-corrected chi connectivity index (χ4v) is 4.67. The molecular formula is C22H24N4O5S2. The molecule has 2 aromatic carbocycles. The molecule has 33 heavy (non-hydrogen) atoms. The first-order chi connectivity index (χ1) is 15.6. The predicted octanol–water partition coefficient (Wildman–Crippen LogP) is 3.48. The number of hydrogen-bond donors (Lipinski definition) is 2. The average molecular weight is 489 g/mol. The van der Waals surface area contributed by atoms with Gasteiger partial charge in [-0.2, -0.15) is 0 Å². The molecule has 0 atom stereocenters. The Kier molecular flexibility index (Phi) is 7.44. The lowest BCUT2D eigenvalue weighted by molar-refractivity contribution is -0.116. The third-order valence-corrected chi connectivity index (χ3v) is 7.71. The SMILES string of the molecule is CCCC(=O)Nc1ccc(S(=O)(=O)Nc2ccc(-c3ccc(S(=O)(=O)CC)nn3)cc2)cc1. The number of nitrogens with zero attached hydrogens (tertiary/aromatic N) is 2. The Balaban J connectivity index is 1.70. The number of hydrogen-bond acceptors (Lipinski definition) is 7. The molecule has 1 aromatic heterocycles. The lowest BCUT2D eigenvalue weighted by Crippen LogP contribution is -2.14. The van der Waals surface area contributed by atoms with E-state index in [0.717, 1.165) is 6.42 Å². The van der Waals surface area contributed by atoms with Gasteiger partial charge in [-0.05, 0) is 55.0 Å². The van der Waals surface area contributed by atoms with Crippen LogP contribution < -0.4 is 10.0 Å². The number of sulfonamides is 1. The quantitative estimate of drug-likeness (QED) is 0.471. The summed E-state index contributed by atoms with van der Waals surface area (Å²) >= 11 is 0. The van der Waals surface area contributed by atoms with Crippen molar-refractivity contribution in [1.29, 1.82) is 0 Å². The smallest absolute Gasteiger partial charge is 0.261 e. The third kappa shape index (κ3) is 6.14. The summed E-state index contributed by atoms with van der Waals surface area (Å²) < 4.78 is 51.5. The van der Waals surface area contributed by atoms with Gasteiger partial charge < -0.3 is 5.32 Å². The number of amides is 1. The van der Waals surface area contributed by atoms with Gasteiger partial charge in [0.15, 0.2) is 14.9 Å². The Morgan fingerprint density at radius 2 is 1.45 bits per heavy atom. The van der Waals surface area contributed by atoms with Gasteiger partial charge in [0.05, 0.1) is 16.3 Å². The van der Waals surface area contributed by atoms with Crippen LogP contribution in [0.1, 0.15) is 26.7 Å². The molecular weight excluding hydrogens is 464 g/mol. The second-order valence-corrected chi connectivity index (χ2v) is 11.1. The van der Waals surface area contributed by atoms with E-state index in [2.05, 4.69) is 20.2 Å². The summed E-state index contributed by atoms with van der Waals surface area (Å²) in [7, 11) is -7.26. The molecule has 2 N–H and O–H groups in total. The molecule has 1 heterocycles. The first-order valence-electron chi connectivity index (χ1n) is 10.2. The molecule has 0 bridgehead atoms. The molecule has 3 rings (SSSR count). The standard InChI is InChI=1S/C22H24N4O5S2/c1-3-5-21(27)23-17-10-12-19(13-11-17)33(30,31)26-18-8-6-16(7-9-18)20-14-15-22(25-24-20)32(28,29)4-2/h6-15,26H,3-5H2,1-2H3,(H,23,27). The molecule has 11 heteroatoms. The highest BCUT2D eigenvalue weighted by molar-refractivity contribution is 7.92. The molecule has 0 radical (unpaired) electrons. The minimum Gasteiger partial charge on any atom is -0.326 e. The Morgan fingerprint density at radius 1 is 0.818 bits per heavy atom. The summed E-state index contributed by atoms with van der Waals surface area (Å²) in [4.78, 5) is 11.7. The van der Waals surface area contributed by atoms with Crippen LogP contribution in [0.4, 0.5) is 11.4 Å². The zero-order valence-electron chi connectivity index (χ0n) is 18.1. The number of aromatic nitrogens is 2. The molecule has 1 amide bonds. The predicted molar refractivity (Wildman–Crippen MR) is 126 cm³/mol. The van der Waals surface area contributed by atoms with Gasteiger partial charge in [0.25, 0.3) is 10.0 Å². The van der Waals surface area contributed by atoms with Crippen LogP contribution in [0.5, 0.6) is 0 Å². The molecule has 0 aliphatic carbocycles. The number of carbonyl (C=O) groups is 1. The summed E-state index contributed by atoms with van der Waals surface area (Å²) in [6.45, 7) is 3.43. The molecule has 0 saturated heterocycles. The molecule has 0 unspecified atom stereocenters. The van der Waals surface area contributed by atoms with Crippen LogP contribution >= 0.6 is 0 Å². The summed E-state index contributed by atoms with van der Waals surface area (Å²) in [6.07, 6.45) is 1.12. The topological polar surface area (TPSA) is 135 Å².